The summed E-state index contributed by atoms with van der Waals surface area (Å²) in [6.45, 7) is 12.0. The van der Waals surface area contributed by atoms with Crippen molar-refractivity contribution in [2.45, 2.75) is 59.0 Å². The Morgan fingerprint density at radius 3 is 1.42 bits per heavy atom. The maximum absolute atomic E-state index is 11.3. The largest absolute Gasteiger partial charge is 2.00 e. The minimum absolute atomic E-state index is 0. The fourth-order valence-corrected chi connectivity index (χ4v) is 3.54. The predicted molar refractivity (Wildman–Crippen MR) is 168 cm³/mol. The molecule has 0 saturated heterocycles. The fraction of sp³-hybridized carbons (Fsp3) is 0.294. The van der Waals surface area contributed by atoms with Crippen LogP contribution in [0.4, 0.5) is 0 Å². The molecule has 0 saturated carbocycles. The van der Waals surface area contributed by atoms with Crippen molar-refractivity contribution in [1.29, 1.82) is 0 Å². The van der Waals surface area contributed by atoms with Crippen molar-refractivity contribution in [3.63, 3.8) is 0 Å². The minimum atomic E-state index is -0.838. The molecule has 7 nitrogen and oxygen atoms in total. The maximum atomic E-state index is 11.3. The van der Waals surface area contributed by atoms with E-state index in [4.69, 9.17) is 9.47 Å². The van der Waals surface area contributed by atoms with E-state index in [1.165, 1.54) is 18.2 Å². The first-order valence-corrected chi connectivity index (χ1v) is 13.2. The monoisotopic (exact) mass is 616 g/mol. The summed E-state index contributed by atoms with van der Waals surface area (Å²) in [4.78, 5) is 19.9. The first-order valence-electron chi connectivity index (χ1n) is 13.2. The van der Waals surface area contributed by atoms with E-state index in [-0.39, 0.29) is 48.9 Å². The van der Waals surface area contributed by atoms with Crippen molar-refractivity contribution in [2.24, 2.45) is 0 Å². The molecule has 0 aliphatic rings. The van der Waals surface area contributed by atoms with Crippen LogP contribution in [0.15, 0.2) is 85.2 Å². The van der Waals surface area contributed by atoms with Crippen molar-refractivity contribution in [3.8, 4) is 23.3 Å². The number of aliphatic hydroxyl groups is 1. The number of benzene rings is 2. The standard InChI is InChI=1S/C17H21NO2.C16H17NO3.CH3.ClH.Mg/c1-12(2)13-5-10-16(18-11-13)20-15-8-6-14(7-9-15)17(3,4)19;1-11(2)13-6-9-15(17-10-13)20-14-7-4-12(5-8-14)16(18)19-3;;;/h5-12,19H,1-4H3;4-11H,1-3H3;1H3;1H;/q;;-1;;+2/p-1. The molecule has 2 aromatic carbocycles. The van der Waals surface area contributed by atoms with E-state index in [1.54, 1.807) is 38.1 Å². The molecule has 9 heteroatoms. The number of pyridine rings is 2. The Bertz CT molecular complexity index is 1350. The van der Waals surface area contributed by atoms with Crippen LogP contribution in [0.2, 0.25) is 0 Å². The molecule has 2 aromatic heterocycles. The van der Waals surface area contributed by atoms with E-state index in [0.29, 0.717) is 40.7 Å². The van der Waals surface area contributed by atoms with Gasteiger partial charge in [0.2, 0.25) is 11.8 Å². The molecule has 4 rings (SSSR count). The summed E-state index contributed by atoms with van der Waals surface area (Å²) in [5.41, 5.74) is 2.86. The summed E-state index contributed by atoms with van der Waals surface area (Å²) in [6, 6.07) is 21.9. The van der Waals surface area contributed by atoms with E-state index in [0.717, 1.165) is 5.56 Å². The van der Waals surface area contributed by atoms with Gasteiger partial charge in [-0.2, -0.15) is 0 Å². The number of hydrogen-bond donors (Lipinski definition) is 1. The van der Waals surface area contributed by atoms with Crippen LogP contribution in [0.25, 0.3) is 0 Å². The Morgan fingerprint density at radius 2 is 1.12 bits per heavy atom. The first kappa shape index (κ1) is 39.8. The first-order chi connectivity index (χ1) is 19.0. The smallest absolute Gasteiger partial charge is 1.00 e. The minimum Gasteiger partial charge on any atom is -1.00 e. The normalized spacial score (nSPS) is 10.3. The molecule has 0 spiro atoms. The van der Waals surface area contributed by atoms with Crippen LogP contribution in [-0.2, 0) is 10.3 Å². The molecule has 226 valence electrons. The number of esters is 1. The van der Waals surface area contributed by atoms with Gasteiger partial charge < -0.3 is 39.2 Å². The quantitative estimate of drug-likeness (QED) is 0.168. The summed E-state index contributed by atoms with van der Waals surface area (Å²) in [7, 11) is 1.35. The van der Waals surface area contributed by atoms with Crippen molar-refractivity contribution >= 4 is 29.0 Å². The molecule has 0 radical (unpaired) electrons. The number of methoxy groups -OCH3 is 1. The van der Waals surface area contributed by atoms with Gasteiger partial charge in [0.05, 0.1) is 18.3 Å². The zero-order valence-electron chi connectivity index (χ0n) is 26.3. The number of carbonyl (C=O) groups excluding carboxylic acids is 1. The van der Waals surface area contributed by atoms with Gasteiger partial charge in [-0.3, -0.25) is 0 Å². The van der Waals surface area contributed by atoms with E-state index < -0.39 is 5.60 Å². The zero-order chi connectivity index (χ0) is 29.3. The molecule has 0 bridgehead atoms. The molecule has 0 unspecified atom stereocenters. The van der Waals surface area contributed by atoms with E-state index >= 15 is 0 Å². The van der Waals surface area contributed by atoms with Crippen molar-refractivity contribution in [2.75, 3.05) is 7.11 Å². The molecule has 0 aliphatic heterocycles. The average molecular weight is 617 g/mol. The number of carbonyl (C=O) groups is 1. The second kappa shape index (κ2) is 18.5. The van der Waals surface area contributed by atoms with Crippen molar-refractivity contribution in [1.82, 2.24) is 9.97 Å². The van der Waals surface area contributed by atoms with E-state index in [2.05, 4.69) is 42.4 Å². The Labute approximate surface area is 278 Å². The zero-order valence-corrected chi connectivity index (χ0v) is 28.5. The van der Waals surface area contributed by atoms with Crippen molar-refractivity contribution in [3.05, 3.63) is 115 Å². The Hall–Kier alpha value is -3.17. The number of nitrogens with zero attached hydrogens (tertiary/aromatic N) is 2. The van der Waals surface area contributed by atoms with Crippen LogP contribution < -0.4 is 21.9 Å². The summed E-state index contributed by atoms with van der Waals surface area (Å²) in [5.74, 6) is 2.98. The summed E-state index contributed by atoms with van der Waals surface area (Å²) >= 11 is 0. The second-order valence-electron chi connectivity index (χ2n) is 10.5. The molecular formula is C34H41ClMgN2O5. The van der Waals surface area contributed by atoms with Gasteiger partial charge in [0.1, 0.15) is 11.5 Å². The van der Waals surface area contributed by atoms with Gasteiger partial charge in [-0.15, -0.1) is 0 Å². The summed E-state index contributed by atoms with van der Waals surface area (Å²) in [6.07, 6.45) is 3.65. The van der Waals surface area contributed by atoms with Gasteiger partial charge in [-0.25, -0.2) is 14.8 Å². The molecule has 0 atom stereocenters. The summed E-state index contributed by atoms with van der Waals surface area (Å²) in [5, 5.41) is 9.90. The molecule has 2 heterocycles. The van der Waals surface area contributed by atoms with Gasteiger partial charge in [0.15, 0.2) is 0 Å². The fourth-order valence-electron chi connectivity index (χ4n) is 3.54. The Morgan fingerprint density at radius 1 is 0.721 bits per heavy atom. The molecule has 0 fully saturated rings. The molecule has 4 aromatic rings. The molecule has 1 N–H and O–H groups in total. The third-order valence-electron chi connectivity index (χ3n) is 6.13. The van der Waals surface area contributed by atoms with Gasteiger partial charge in [-0.1, -0.05) is 52.0 Å². The molecule has 43 heavy (non-hydrogen) atoms. The topological polar surface area (TPSA) is 90.8 Å². The number of hydrogen-bond acceptors (Lipinski definition) is 7. The van der Waals surface area contributed by atoms with E-state index in [9.17, 15) is 9.90 Å². The SMILES string of the molecule is CC(C)c1ccc(Oc2ccc(C(C)(C)O)cc2)nc1.COC(=O)c1ccc(Oc2ccc(C(C)C)cn2)cc1.[CH3-].[Cl-].[Mg+2]. The Balaban J connectivity index is 0.000000767. The number of aromatic nitrogens is 2. The van der Waals surface area contributed by atoms with Gasteiger partial charge in [-0.05, 0) is 78.8 Å². The van der Waals surface area contributed by atoms with Gasteiger partial charge >= 0.3 is 29.0 Å². The maximum Gasteiger partial charge on any atom is 2.00 e. The van der Waals surface area contributed by atoms with Gasteiger partial charge in [0.25, 0.3) is 0 Å². The third kappa shape index (κ3) is 12.5. The van der Waals surface area contributed by atoms with Crippen LogP contribution in [0, 0.1) is 7.43 Å². The van der Waals surface area contributed by atoms with Crippen molar-refractivity contribution < 1.29 is 36.5 Å². The average Bonchev–Trinajstić information content (AvgIpc) is 2.94. The number of rotatable bonds is 8. The third-order valence-corrected chi connectivity index (χ3v) is 6.13. The molecule has 0 aliphatic carbocycles. The van der Waals surface area contributed by atoms with E-state index in [1.807, 2.05) is 60.9 Å². The number of halogens is 1. The van der Waals surface area contributed by atoms with Crippen LogP contribution in [0.5, 0.6) is 23.3 Å². The Kier molecular flexibility index (Phi) is 17.1. The molecular weight excluding hydrogens is 576 g/mol. The summed E-state index contributed by atoms with van der Waals surface area (Å²) < 4.78 is 15.9. The van der Waals surface area contributed by atoms with Crippen LogP contribution in [0.1, 0.15) is 80.4 Å². The second-order valence-corrected chi connectivity index (χ2v) is 10.5. The predicted octanol–water partition coefficient (Wildman–Crippen LogP) is 5.08. The number of ether oxygens (including phenoxy) is 3. The molecule has 0 amide bonds. The van der Waals surface area contributed by atoms with Crippen LogP contribution in [-0.4, -0.2) is 51.2 Å². The van der Waals surface area contributed by atoms with Gasteiger partial charge in [0, 0.05) is 24.5 Å². The van der Waals surface area contributed by atoms with Crippen LogP contribution >= 0.6 is 0 Å². The van der Waals surface area contributed by atoms with Crippen LogP contribution in [0.3, 0.4) is 0 Å².